The molecule has 3 heterocycles. The van der Waals surface area contributed by atoms with Crippen LogP contribution >= 0.6 is 0 Å². The summed E-state index contributed by atoms with van der Waals surface area (Å²) >= 11 is 0. The maximum absolute atomic E-state index is 6.07. The topological polar surface area (TPSA) is 39.9 Å². The van der Waals surface area contributed by atoms with Gasteiger partial charge in [-0.2, -0.15) is 4.98 Å². The van der Waals surface area contributed by atoms with E-state index in [1.807, 2.05) is 36.4 Å². The van der Waals surface area contributed by atoms with E-state index in [1.165, 1.54) is 10.9 Å². The first kappa shape index (κ1) is 18.4. The first-order chi connectivity index (χ1) is 14.5. The fourth-order valence-electron chi connectivity index (χ4n) is 3.76. The molecule has 0 bridgehead atoms. The molecule has 4 heteroatoms. The van der Waals surface area contributed by atoms with Crippen molar-refractivity contribution >= 4 is 21.9 Å². The van der Waals surface area contributed by atoms with Gasteiger partial charge in [-0.15, -0.1) is 0 Å². The molecule has 0 aliphatic heterocycles. The number of hydrogen-bond donors (Lipinski definition) is 0. The molecule has 0 saturated heterocycles. The summed E-state index contributed by atoms with van der Waals surface area (Å²) in [6, 6.07) is 26.7. The Morgan fingerprint density at radius 1 is 0.767 bits per heavy atom. The Bertz CT molecular complexity index is 1350. The zero-order chi connectivity index (χ0) is 20.7. The van der Waals surface area contributed by atoms with Crippen LogP contribution in [0.1, 0.15) is 26.3 Å². The second-order valence-electron chi connectivity index (χ2n) is 8.44. The summed E-state index contributed by atoms with van der Waals surface area (Å²) in [7, 11) is 0. The molecule has 30 heavy (non-hydrogen) atoms. The molecule has 0 amide bonds. The average Bonchev–Trinajstić information content (AvgIpc) is 3.07. The lowest BCUT2D eigenvalue weighted by atomic mass is 9.88. The van der Waals surface area contributed by atoms with Gasteiger partial charge in [-0.05, 0) is 41.3 Å². The van der Waals surface area contributed by atoms with Gasteiger partial charge in [-0.1, -0.05) is 57.2 Å². The second-order valence-corrected chi connectivity index (χ2v) is 8.44. The van der Waals surface area contributed by atoms with Gasteiger partial charge in [0.05, 0.1) is 5.52 Å². The fourth-order valence-corrected chi connectivity index (χ4v) is 3.76. The van der Waals surface area contributed by atoms with Gasteiger partial charge in [0.1, 0.15) is 5.65 Å². The highest BCUT2D eigenvalue weighted by Crippen LogP contribution is 2.33. The molecule has 0 aliphatic carbocycles. The normalized spacial score (nSPS) is 11.8. The lowest BCUT2D eigenvalue weighted by Gasteiger charge is -2.19. The van der Waals surface area contributed by atoms with E-state index in [0.717, 1.165) is 22.2 Å². The Kier molecular flexibility index (Phi) is 4.28. The molecule has 2 aromatic carbocycles. The first-order valence-corrected chi connectivity index (χ1v) is 10.1. The summed E-state index contributed by atoms with van der Waals surface area (Å²) in [6.07, 6.45) is 1.79. The summed E-state index contributed by atoms with van der Waals surface area (Å²) < 4.78 is 8.25. The quantitative estimate of drug-likeness (QED) is 0.344. The smallest absolute Gasteiger partial charge is 0.223 e. The molecule has 4 nitrogen and oxygen atoms in total. The van der Waals surface area contributed by atoms with Crippen LogP contribution in [-0.4, -0.2) is 14.5 Å². The molecule has 148 valence electrons. The van der Waals surface area contributed by atoms with Crippen molar-refractivity contribution in [2.45, 2.75) is 26.2 Å². The van der Waals surface area contributed by atoms with E-state index < -0.39 is 0 Å². The van der Waals surface area contributed by atoms with E-state index in [9.17, 15) is 0 Å². The number of fused-ring (bicyclic) bond motifs is 3. The molecule has 0 atom stereocenters. The molecule has 5 aromatic rings. The number of nitrogens with zero attached hydrogens (tertiary/aromatic N) is 3. The van der Waals surface area contributed by atoms with Crippen LogP contribution in [0.2, 0.25) is 0 Å². The van der Waals surface area contributed by atoms with Crippen molar-refractivity contribution in [2.75, 3.05) is 0 Å². The van der Waals surface area contributed by atoms with Gasteiger partial charge < -0.3 is 4.74 Å². The fraction of sp³-hybridized carbons (Fsp3) is 0.154. The molecule has 0 unspecified atom stereocenters. The predicted molar refractivity (Wildman–Crippen MR) is 122 cm³/mol. The largest absolute Gasteiger partial charge is 0.421 e. The van der Waals surface area contributed by atoms with Crippen molar-refractivity contribution in [1.82, 2.24) is 14.5 Å². The first-order valence-electron chi connectivity index (χ1n) is 10.1. The molecule has 5 rings (SSSR count). The standard InChI is InChI=1S/C26H23N3O/c1-26(2,3)18-15-16-27-24(17-18)30-23-14-13-21-20-11-7-8-12-22(20)29(25(21)28-23)19-9-5-4-6-10-19/h4-17H,1-3H3. The number of rotatable bonds is 3. The van der Waals surface area contributed by atoms with Crippen LogP contribution in [0.15, 0.2) is 85.1 Å². The van der Waals surface area contributed by atoms with Crippen molar-refractivity contribution < 1.29 is 4.74 Å². The minimum Gasteiger partial charge on any atom is -0.421 e. The molecule has 0 aliphatic rings. The van der Waals surface area contributed by atoms with Crippen molar-refractivity contribution in [3.8, 4) is 17.4 Å². The van der Waals surface area contributed by atoms with E-state index >= 15 is 0 Å². The summed E-state index contributed by atoms with van der Waals surface area (Å²) in [5.41, 5.74) is 4.26. The van der Waals surface area contributed by atoms with Gasteiger partial charge in [0, 0.05) is 34.8 Å². The number of para-hydroxylation sites is 2. The van der Waals surface area contributed by atoms with Gasteiger partial charge in [-0.3, -0.25) is 4.57 Å². The number of benzene rings is 2. The van der Waals surface area contributed by atoms with Crippen LogP contribution in [0.5, 0.6) is 11.8 Å². The van der Waals surface area contributed by atoms with Gasteiger partial charge in [0.25, 0.3) is 0 Å². The monoisotopic (exact) mass is 393 g/mol. The highest BCUT2D eigenvalue weighted by Gasteiger charge is 2.16. The third kappa shape index (κ3) is 3.20. The lowest BCUT2D eigenvalue weighted by Crippen LogP contribution is -2.11. The molecule has 0 N–H and O–H groups in total. The van der Waals surface area contributed by atoms with Gasteiger partial charge in [-0.25, -0.2) is 4.98 Å². The Morgan fingerprint density at radius 3 is 2.33 bits per heavy atom. The number of aromatic nitrogens is 3. The molecule has 0 spiro atoms. The van der Waals surface area contributed by atoms with E-state index in [4.69, 9.17) is 9.72 Å². The Morgan fingerprint density at radius 2 is 1.53 bits per heavy atom. The number of ether oxygens (including phenoxy) is 1. The molecular weight excluding hydrogens is 370 g/mol. The summed E-state index contributed by atoms with van der Waals surface area (Å²) in [5, 5.41) is 2.27. The van der Waals surface area contributed by atoms with Crippen LogP contribution < -0.4 is 4.74 Å². The van der Waals surface area contributed by atoms with E-state index in [1.54, 1.807) is 6.20 Å². The molecule has 3 aromatic heterocycles. The van der Waals surface area contributed by atoms with Crippen LogP contribution in [0.4, 0.5) is 0 Å². The van der Waals surface area contributed by atoms with Gasteiger partial charge >= 0.3 is 0 Å². The number of pyridine rings is 2. The highest BCUT2D eigenvalue weighted by atomic mass is 16.5. The average molecular weight is 393 g/mol. The van der Waals surface area contributed by atoms with Crippen molar-refractivity contribution in [2.24, 2.45) is 0 Å². The van der Waals surface area contributed by atoms with E-state index in [0.29, 0.717) is 11.8 Å². The minimum atomic E-state index is 0.0260. The van der Waals surface area contributed by atoms with Crippen molar-refractivity contribution in [1.29, 1.82) is 0 Å². The molecular formula is C26H23N3O. The van der Waals surface area contributed by atoms with Crippen molar-refractivity contribution in [3.05, 3.63) is 90.6 Å². The van der Waals surface area contributed by atoms with Gasteiger partial charge in [0.2, 0.25) is 11.8 Å². The van der Waals surface area contributed by atoms with Crippen LogP contribution in [0.25, 0.3) is 27.6 Å². The van der Waals surface area contributed by atoms with Gasteiger partial charge in [0.15, 0.2) is 0 Å². The second kappa shape index (κ2) is 6.99. The zero-order valence-corrected chi connectivity index (χ0v) is 17.3. The third-order valence-electron chi connectivity index (χ3n) is 5.32. The maximum atomic E-state index is 6.07. The summed E-state index contributed by atoms with van der Waals surface area (Å²) in [5.74, 6) is 1.08. The lowest BCUT2D eigenvalue weighted by molar-refractivity contribution is 0.443. The highest BCUT2D eigenvalue weighted by molar-refractivity contribution is 6.07. The van der Waals surface area contributed by atoms with Crippen LogP contribution in [-0.2, 0) is 5.41 Å². The molecule has 0 radical (unpaired) electrons. The van der Waals surface area contributed by atoms with Crippen LogP contribution in [0, 0.1) is 0 Å². The van der Waals surface area contributed by atoms with Crippen LogP contribution in [0.3, 0.4) is 0 Å². The maximum Gasteiger partial charge on any atom is 0.223 e. The zero-order valence-electron chi connectivity index (χ0n) is 17.3. The Labute approximate surface area is 175 Å². The van der Waals surface area contributed by atoms with E-state index in [-0.39, 0.29) is 5.41 Å². The molecule has 0 fully saturated rings. The minimum absolute atomic E-state index is 0.0260. The Balaban J connectivity index is 1.65. The third-order valence-corrected chi connectivity index (χ3v) is 5.32. The predicted octanol–water partition coefficient (Wildman–Crippen LogP) is 6.66. The van der Waals surface area contributed by atoms with E-state index in [2.05, 4.69) is 72.8 Å². The Hall–Kier alpha value is -3.66. The number of hydrogen-bond acceptors (Lipinski definition) is 3. The SMILES string of the molecule is CC(C)(C)c1ccnc(Oc2ccc3c4ccccc4n(-c4ccccc4)c3n2)c1. The van der Waals surface area contributed by atoms with Crippen molar-refractivity contribution in [3.63, 3.8) is 0 Å². The summed E-state index contributed by atoms with van der Waals surface area (Å²) in [4.78, 5) is 9.26. The molecule has 0 saturated carbocycles. The summed E-state index contributed by atoms with van der Waals surface area (Å²) in [6.45, 7) is 6.53.